The van der Waals surface area contributed by atoms with E-state index in [1.54, 1.807) is 11.8 Å². The van der Waals surface area contributed by atoms with Gasteiger partial charge in [0, 0.05) is 19.0 Å². The highest BCUT2D eigenvalue weighted by atomic mass is 35.5. The Labute approximate surface area is 89.0 Å². The Hall–Kier alpha value is 0.110. The fourth-order valence-electron chi connectivity index (χ4n) is 1.66. The molecule has 1 rings (SSSR count). The number of carbonyl (C=O) groups is 1. The minimum Gasteiger partial charge on any atom is -0.342 e. The molecule has 1 heterocycles. The van der Waals surface area contributed by atoms with Crippen LogP contribution in [0.15, 0.2) is 0 Å². The minimum absolute atomic E-state index is 0.282. The van der Waals surface area contributed by atoms with Gasteiger partial charge in [0.05, 0.1) is 5.75 Å². The van der Waals surface area contributed by atoms with Gasteiger partial charge in [-0.05, 0) is 25.0 Å². The monoisotopic (exact) mass is 221 g/mol. The zero-order chi connectivity index (χ0) is 9.68. The summed E-state index contributed by atoms with van der Waals surface area (Å²) in [6.45, 7) is 1.85. The summed E-state index contributed by atoms with van der Waals surface area (Å²) in [5, 5.41) is 0. The van der Waals surface area contributed by atoms with Crippen molar-refractivity contribution in [1.82, 2.24) is 4.90 Å². The summed E-state index contributed by atoms with van der Waals surface area (Å²) in [4.78, 5) is 13.4. The van der Waals surface area contributed by atoms with Crippen molar-refractivity contribution in [3.63, 3.8) is 0 Å². The molecule has 0 radical (unpaired) electrons. The van der Waals surface area contributed by atoms with Gasteiger partial charge in [0.15, 0.2) is 0 Å². The molecule has 1 unspecified atom stereocenters. The lowest BCUT2D eigenvalue weighted by molar-refractivity contribution is -0.127. The summed E-state index contributed by atoms with van der Waals surface area (Å²) < 4.78 is 0. The van der Waals surface area contributed by atoms with Crippen LogP contribution in [0.4, 0.5) is 0 Å². The molecular formula is C9H16ClNOS. The summed E-state index contributed by atoms with van der Waals surface area (Å²) in [6.07, 6.45) is 4.14. The van der Waals surface area contributed by atoms with Crippen molar-refractivity contribution >= 4 is 29.3 Å². The third kappa shape index (κ3) is 3.39. The SMILES string of the molecule is CSCC(=O)N1CCC(CCCl)C1. The fourth-order valence-corrected chi connectivity index (χ4v) is 2.40. The van der Waals surface area contributed by atoms with Crippen LogP contribution in [0.3, 0.4) is 0 Å². The number of alkyl halides is 1. The number of hydrogen-bond acceptors (Lipinski definition) is 2. The highest BCUT2D eigenvalue weighted by molar-refractivity contribution is 7.99. The Morgan fingerprint density at radius 3 is 3.08 bits per heavy atom. The van der Waals surface area contributed by atoms with Crippen molar-refractivity contribution in [3.05, 3.63) is 0 Å². The van der Waals surface area contributed by atoms with E-state index in [-0.39, 0.29) is 5.91 Å². The largest absolute Gasteiger partial charge is 0.342 e. The number of likely N-dealkylation sites (tertiary alicyclic amines) is 1. The molecular weight excluding hydrogens is 206 g/mol. The van der Waals surface area contributed by atoms with E-state index >= 15 is 0 Å². The van der Waals surface area contributed by atoms with Gasteiger partial charge in [-0.15, -0.1) is 11.6 Å². The molecule has 0 N–H and O–H groups in total. The fraction of sp³-hybridized carbons (Fsp3) is 0.889. The van der Waals surface area contributed by atoms with Crippen molar-refractivity contribution in [1.29, 1.82) is 0 Å². The second-order valence-corrected chi connectivity index (χ2v) is 4.65. The van der Waals surface area contributed by atoms with Crippen LogP contribution in [0.5, 0.6) is 0 Å². The van der Waals surface area contributed by atoms with Crippen LogP contribution < -0.4 is 0 Å². The summed E-state index contributed by atoms with van der Waals surface area (Å²) >= 11 is 7.26. The summed E-state index contributed by atoms with van der Waals surface area (Å²) in [5.41, 5.74) is 0. The molecule has 0 saturated carbocycles. The van der Waals surface area contributed by atoms with E-state index in [9.17, 15) is 4.79 Å². The van der Waals surface area contributed by atoms with E-state index in [2.05, 4.69) is 0 Å². The predicted octanol–water partition coefficient (Wildman–Crippen LogP) is 1.83. The first-order chi connectivity index (χ1) is 6.27. The lowest BCUT2D eigenvalue weighted by Gasteiger charge is -2.15. The number of carbonyl (C=O) groups excluding carboxylic acids is 1. The van der Waals surface area contributed by atoms with Crippen LogP contribution in [-0.2, 0) is 4.79 Å². The third-order valence-corrected chi connectivity index (χ3v) is 3.18. The van der Waals surface area contributed by atoms with Crippen molar-refractivity contribution in [2.75, 3.05) is 31.0 Å². The van der Waals surface area contributed by atoms with Crippen LogP contribution in [0.2, 0.25) is 0 Å². The molecule has 13 heavy (non-hydrogen) atoms. The Kier molecular flexibility index (Phi) is 4.96. The first kappa shape index (κ1) is 11.2. The van der Waals surface area contributed by atoms with Crippen LogP contribution in [0.1, 0.15) is 12.8 Å². The van der Waals surface area contributed by atoms with Gasteiger partial charge >= 0.3 is 0 Å². The Balaban J connectivity index is 2.27. The lowest BCUT2D eigenvalue weighted by atomic mass is 10.1. The smallest absolute Gasteiger partial charge is 0.232 e. The molecule has 1 amide bonds. The van der Waals surface area contributed by atoms with Crippen LogP contribution in [0, 0.1) is 5.92 Å². The maximum Gasteiger partial charge on any atom is 0.232 e. The molecule has 0 aromatic carbocycles. The molecule has 1 fully saturated rings. The summed E-state index contributed by atoms with van der Waals surface area (Å²) in [7, 11) is 0. The second kappa shape index (κ2) is 5.76. The van der Waals surface area contributed by atoms with Crippen LogP contribution in [0.25, 0.3) is 0 Å². The summed E-state index contributed by atoms with van der Waals surface area (Å²) in [6, 6.07) is 0. The zero-order valence-electron chi connectivity index (χ0n) is 7.96. The molecule has 0 aliphatic carbocycles. The Morgan fingerprint density at radius 1 is 1.69 bits per heavy atom. The van der Waals surface area contributed by atoms with E-state index in [4.69, 9.17) is 11.6 Å². The van der Waals surface area contributed by atoms with Gasteiger partial charge in [0.2, 0.25) is 5.91 Å². The average Bonchev–Trinajstić information content (AvgIpc) is 2.54. The molecule has 1 saturated heterocycles. The molecule has 1 atom stereocenters. The quantitative estimate of drug-likeness (QED) is 0.676. The molecule has 4 heteroatoms. The second-order valence-electron chi connectivity index (χ2n) is 3.41. The highest BCUT2D eigenvalue weighted by Crippen LogP contribution is 2.20. The molecule has 1 aliphatic heterocycles. The Morgan fingerprint density at radius 2 is 2.46 bits per heavy atom. The van der Waals surface area contributed by atoms with E-state index < -0.39 is 0 Å². The van der Waals surface area contributed by atoms with Crippen molar-refractivity contribution in [2.24, 2.45) is 5.92 Å². The number of rotatable bonds is 4. The van der Waals surface area contributed by atoms with Crippen molar-refractivity contribution in [3.8, 4) is 0 Å². The number of hydrogen-bond donors (Lipinski definition) is 0. The van der Waals surface area contributed by atoms with Gasteiger partial charge in [-0.25, -0.2) is 0 Å². The maximum absolute atomic E-state index is 11.5. The maximum atomic E-state index is 11.5. The van der Waals surface area contributed by atoms with Gasteiger partial charge in [0.1, 0.15) is 0 Å². The van der Waals surface area contributed by atoms with E-state index in [0.717, 1.165) is 31.8 Å². The van der Waals surface area contributed by atoms with Crippen LogP contribution >= 0.6 is 23.4 Å². The topological polar surface area (TPSA) is 20.3 Å². The van der Waals surface area contributed by atoms with Crippen molar-refractivity contribution < 1.29 is 4.79 Å². The minimum atomic E-state index is 0.282. The molecule has 2 nitrogen and oxygen atoms in total. The van der Waals surface area contributed by atoms with Gasteiger partial charge in [0.25, 0.3) is 0 Å². The molecule has 1 aliphatic rings. The van der Waals surface area contributed by atoms with Crippen molar-refractivity contribution in [2.45, 2.75) is 12.8 Å². The zero-order valence-corrected chi connectivity index (χ0v) is 9.53. The summed E-state index contributed by atoms with van der Waals surface area (Å²) in [5.74, 6) is 2.26. The number of nitrogens with zero attached hydrogens (tertiary/aromatic N) is 1. The number of thioether (sulfide) groups is 1. The highest BCUT2D eigenvalue weighted by Gasteiger charge is 2.24. The third-order valence-electron chi connectivity index (χ3n) is 2.42. The van der Waals surface area contributed by atoms with Gasteiger partial charge in [-0.3, -0.25) is 4.79 Å². The molecule has 76 valence electrons. The Bertz CT molecular complexity index is 177. The molecule has 0 bridgehead atoms. The average molecular weight is 222 g/mol. The predicted molar refractivity (Wildman–Crippen MR) is 58.4 cm³/mol. The normalized spacial score (nSPS) is 22.3. The first-order valence-corrected chi connectivity index (χ1v) is 6.53. The van der Waals surface area contributed by atoms with Crippen LogP contribution in [-0.4, -0.2) is 41.8 Å². The molecule has 0 aromatic rings. The molecule has 0 aromatic heterocycles. The van der Waals surface area contributed by atoms with E-state index in [1.807, 2.05) is 11.2 Å². The van der Waals surface area contributed by atoms with E-state index in [1.165, 1.54) is 0 Å². The molecule has 0 spiro atoms. The number of amides is 1. The van der Waals surface area contributed by atoms with E-state index in [0.29, 0.717) is 11.7 Å². The standard InChI is InChI=1S/C9H16ClNOS/c1-13-7-9(12)11-5-3-8(6-11)2-4-10/h8H,2-7H2,1H3. The van der Waals surface area contributed by atoms with Gasteiger partial charge in [-0.2, -0.15) is 11.8 Å². The number of halogens is 1. The first-order valence-electron chi connectivity index (χ1n) is 4.60. The van der Waals surface area contributed by atoms with Gasteiger partial charge < -0.3 is 4.90 Å². The lowest BCUT2D eigenvalue weighted by Crippen LogP contribution is -2.30. The van der Waals surface area contributed by atoms with Gasteiger partial charge in [-0.1, -0.05) is 0 Å².